The molecule has 0 aliphatic carbocycles. The summed E-state index contributed by atoms with van der Waals surface area (Å²) < 4.78 is 0. The zero-order valence-electron chi connectivity index (χ0n) is 8.02. The maximum absolute atomic E-state index is 5.88. The van der Waals surface area contributed by atoms with Gasteiger partial charge in [-0.05, 0) is 30.9 Å². The Kier molecular flexibility index (Phi) is 6.31. The molecule has 0 heterocycles. The van der Waals surface area contributed by atoms with Crippen LogP contribution < -0.4 is 0 Å². The highest BCUT2D eigenvalue weighted by atomic mass is 35.5. The van der Waals surface area contributed by atoms with Gasteiger partial charge in [-0.3, -0.25) is 0 Å². The summed E-state index contributed by atoms with van der Waals surface area (Å²) in [4.78, 5) is 1.22. The van der Waals surface area contributed by atoms with Gasteiger partial charge in [-0.2, -0.15) is 0 Å². The Bertz CT molecular complexity index is 233. The lowest BCUT2D eigenvalue weighted by Crippen LogP contribution is -1.74. The van der Waals surface area contributed by atoms with Gasteiger partial charge in [0.05, 0.1) is 0 Å². The summed E-state index contributed by atoms with van der Waals surface area (Å²) in [5.74, 6) is 0. The molecule has 0 amide bonds. The van der Waals surface area contributed by atoms with Crippen molar-refractivity contribution in [3.8, 4) is 0 Å². The third-order valence-electron chi connectivity index (χ3n) is 1.38. The monoisotopic (exact) mass is 202 g/mol. The van der Waals surface area contributed by atoms with Crippen molar-refractivity contribution in [2.45, 2.75) is 25.7 Å². The van der Waals surface area contributed by atoms with Crippen LogP contribution in [-0.2, 0) is 0 Å². The SMILES string of the molecule is CC.CSc1ccc(C)c(Cl)c1. The number of rotatable bonds is 1. The van der Waals surface area contributed by atoms with Gasteiger partial charge in [0.15, 0.2) is 0 Å². The molecule has 0 saturated heterocycles. The van der Waals surface area contributed by atoms with Crippen molar-refractivity contribution in [1.82, 2.24) is 0 Å². The van der Waals surface area contributed by atoms with E-state index in [1.54, 1.807) is 11.8 Å². The first-order chi connectivity index (χ1) is 5.74. The average molecular weight is 203 g/mol. The number of halogens is 1. The molecule has 0 aliphatic rings. The quantitative estimate of drug-likeness (QED) is 0.609. The van der Waals surface area contributed by atoms with Gasteiger partial charge in [0.25, 0.3) is 0 Å². The summed E-state index contributed by atoms with van der Waals surface area (Å²) in [6.45, 7) is 6.01. The minimum atomic E-state index is 0.854. The molecule has 2 heteroatoms. The minimum absolute atomic E-state index is 0.854. The van der Waals surface area contributed by atoms with E-state index in [-0.39, 0.29) is 0 Å². The van der Waals surface area contributed by atoms with Crippen molar-refractivity contribution in [2.24, 2.45) is 0 Å². The van der Waals surface area contributed by atoms with Crippen LogP contribution in [0.4, 0.5) is 0 Å². The lowest BCUT2D eigenvalue weighted by molar-refractivity contribution is 1.38. The first-order valence-corrected chi connectivity index (χ1v) is 5.64. The second-order valence-electron chi connectivity index (χ2n) is 2.12. The van der Waals surface area contributed by atoms with E-state index in [4.69, 9.17) is 11.6 Å². The highest BCUT2D eigenvalue weighted by molar-refractivity contribution is 7.98. The number of hydrogen-bond donors (Lipinski definition) is 0. The van der Waals surface area contributed by atoms with Gasteiger partial charge in [0.1, 0.15) is 0 Å². The fourth-order valence-corrected chi connectivity index (χ4v) is 1.39. The number of aryl methyl sites for hydroxylation is 1. The molecule has 0 saturated carbocycles. The van der Waals surface area contributed by atoms with E-state index in [9.17, 15) is 0 Å². The van der Waals surface area contributed by atoms with Crippen molar-refractivity contribution < 1.29 is 0 Å². The maximum Gasteiger partial charge on any atom is 0.0446 e. The molecule has 12 heavy (non-hydrogen) atoms. The zero-order valence-corrected chi connectivity index (χ0v) is 9.59. The second kappa shape index (κ2) is 6.38. The van der Waals surface area contributed by atoms with E-state index in [0.717, 1.165) is 10.6 Å². The molecule has 0 fully saturated rings. The minimum Gasteiger partial charge on any atom is -0.130 e. The van der Waals surface area contributed by atoms with Gasteiger partial charge in [-0.25, -0.2) is 0 Å². The average Bonchev–Trinajstić information content (AvgIpc) is 2.13. The summed E-state index contributed by atoms with van der Waals surface area (Å²) in [6, 6.07) is 6.10. The van der Waals surface area contributed by atoms with Crippen molar-refractivity contribution in [3.05, 3.63) is 28.8 Å². The standard InChI is InChI=1S/C8H9ClS.C2H6/c1-6-3-4-7(10-2)5-8(6)9;1-2/h3-5H,1-2H3;1-2H3. The molecule has 0 bridgehead atoms. The molecule has 0 unspecified atom stereocenters. The zero-order chi connectivity index (χ0) is 9.56. The molecule has 0 aliphatic heterocycles. The molecule has 1 aromatic rings. The van der Waals surface area contributed by atoms with Crippen LogP contribution in [0.3, 0.4) is 0 Å². The van der Waals surface area contributed by atoms with Crippen molar-refractivity contribution >= 4 is 23.4 Å². The maximum atomic E-state index is 5.88. The fraction of sp³-hybridized carbons (Fsp3) is 0.400. The second-order valence-corrected chi connectivity index (χ2v) is 3.40. The summed E-state index contributed by atoms with van der Waals surface area (Å²) in [5.41, 5.74) is 1.14. The van der Waals surface area contributed by atoms with E-state index in [1.807, 2.05) is 39.2 Å². The third-order valence-corrected chi connectivity index (χ3v) is 2.51. The van der Waals surface area contributed by atoms with Gasteiger partial charge in [0, 0.05) is 9.92 Å². The predicted octanol–water partition coefficient (Wildman–Crippen LogP) is 4.40. The molecule has 0 atom stereocenters. The number of benzene rings is 1. The summed E-state index contributed by atoms with van der Waals surface area (Å²) >= 11 is 7.59. The molecule has 0 nitrogen and oxygen atoms in total. The highest BCUT2D eigenvalue weighted by Crippen LogP contribution is 2.22. The van der Waals surface area contributed by atoms with Crippen LogP contribution in [0.15, 0.2) is 23.1 Å². The fourth-order valence-electron chi connectivity index (χ4n) is 0.701. The van der Waals surface area contributed by atoms with Crippen LogP contribution >= 0.6 is 23.4 Å². The van der Waals surface area contributed by atoms with Crippen LogP contribution in [0.5, 0.6) is 0 Å². The Morgan fingerprint density at radius 2 is 1.83 bits per heavy atom. The molecule has 0 radical (unpaired) electrons. The lowest BCUT2D eigenvalue weighted by Gasteiger charge is -1.98. The first kappa shape index (κ1) is 11.9. The van der Waals surface area contributed by atoms with E-state index in [1.165, 1.54) is 4.90 Å². The van der Waals surface area contributed by atoms with E-state index in [0.29, 0.717) is 0 Å². The third kappa shape index (κ3) is 3.51. The molecule has 1 rings (SSSR count). The predicted molar refractivity (Wildman–Crippen MR) is 59.3 cm³/mol. The Labute approximate surface area is 84.3 Å². The van der Waals surface area contributed by atoms with E-state index >= 15 is 0 Å². The summed E-state index contributed by atoms with van der Waals surface area (Å²) in [6.07, 6.45) is 2.04. The summed E-state index contributed by atoms with van der Waals surface area (Å²) in [7, 11) is 0. The molecule has 0 aromatic heterocycles. The Morgan fingerprint density at radius 1 is 1.25 bits per heavy atom. The molecule has 68 valence electrons. The van der Waals surface area contributed by atoms with Gasteiger partial charge in [-0.15, -0.1) is 11.8 Å². The normalized spacial score (nSPS) is 8.75. The van der Waals surface area contributed by atoms with E-state index in [2.05, 4.69) is 6.07 Å². The van der Waals surface area contributed by atoms with E-state index < -0.39 is 0 Å². The number of thioether (sulfide) groups is 1. The topological polar surface area (TPSA) is 0 Å². The van der Waals surface area contributed by atoms with Crippen molar-refractivity contribution in [3.63, 3.8) is 0 Å². The first-order valence-electron chi connectivity index (χ1n) is 4.04. The van der Waals surface area contributed by atoms with Gasteiger partial charge in [-0.1, -0.05) is 31.5 Å². The Balaban J connectivity index is 0.000000561. The molecular formula is C10H15ClS. The van der Waals surface area contributed by atoms with Crippen LogP contribution in [0.2, 0.25) is 5.02 Å². The molecule has 0 N–H and O–H groups in total. The number of hydrogen-bond acceptors (Lipinski definition) is 1. The van der Waals surface area contributed by atoms with Crippen LogP contribution in [0.25, 0.3) is 0 Å². The van der Waals surface area contributed by atoms with Gasteiger partial charge < -0.3 is 0 Å². The summed E-state index contributed by atoms with van der Waals surface area (Å²) in [5, 5.41) is 0.854. The molecule has 1 aromatic carbocycles. The van der Waals surface area contributed by atoms with Crippen molar-refractivity contribution in [1.29, 1.82) is 0 Å². The highest BCUT2D eigenvalue weighted by Gasteiger charge is 1.94. The van der Waals surface area contributed by atoms with Crippen LogP contribution in [-0.4, -0.2) is 6.26 Å². The van der Waals surface area contributed by atoms with Gasteiger partial charge in [0.2, 0.25) is 0 Å². The Hall–Kier alpha value is -0.140. The molecule has 0 spiro atoms. The molecular weight excluding hydrogens is 188 g/mol. The smallest absolute Gasteiger partial charge is 0.0446 e. The largest absolute Gasteiger partial charge is 0.130 e. The Morgan fingerprint density at radius 3 is 2.25 bits per heavy atom. The lowest BCUT2D eigenvalue weighted by atomic mass is 10.2. The van der Waals surface area contributed by atoms with Gasteiger partial charge >= 0.3 is 0 Å². The van der Waals surface area contributed by atoms with Crippen LogP contribution in [0.1, 0.15) is 19.4 Å². The van der Waals surface area contributed by atoms with Crippen molar-refractivity contribution in [2.75, 3.05) is 6.26 Å². The van der Waals surface area contributed by atoms with Crippen LogP contribution in [0, 0.1) is 6.92 Å².